The minimum absolute atomic E-state index is 0.133. The number of hydrogen-bond donors (Lipinski definition) is 3. The monoisotopic (exact) mass is 517 g/mol. The third-order valence-electron chi connectivity index (χ3n) is 4.48. The molecule has 3 N–H and O–H groups in total. The molecule has 3 heterocycles. The number of nitrogens with zero attached hydrogens (tertiary/aromatic N) is 3. The van der Waals surface area contributed by atoms with E-state index < -0.39 is 26.9 Å². The van der Waals surface area contributed by atoms with Crippen molar-refractivity contribution < 1.29 is 22.2 Å². The molecule has 13 heteroatoms. The van der Waals surface area contributed by atoms with E-state index in [4.69, 9.17) is 4.42 Å². The van der Waals surface area contributed by atoms with E-state index in [-0.39, 0.29) is 34.7 Å². The molecule has 1 unspecified atom stereocenters. The van der Waals surface area contributed by atoms with E-state index in [0.29, 0.717) is 12.3 Å². The summed E-state index contributed by atoms with van der Waals surface area (Å²) < 4.78 is 51.7. The highest BCUT2D eigenvalue weighted by Crippen LogP contribution is 2.39. The average Bonchev–Trinajstić information content (AvgIpc) is 3.39. The maximum Gasteiger partial charge on any atom is 0.269 e. The summed E-state index contributed by atoms with van der Waals surface area (Å²) in [6, 6.07) is 1.88. The van der Waals surface area contributed by atoms with E-state index >= 15 is 0 Å². The fourth-order valence-corrected chi connectivity index (χ4v) is 6.25. The summed E-state index contributed by atoms with van der Waals surface area (Å²) in [5, 5.41) is 17.8. The van der Waals surface area contributed by atoms with E-state index in [2.05, 4.69) is 33.3 Å². The molecule has 0 saturated carbocycles. The molecule has 0 saturated heterocycles. The minimum Gasteiger partial charge on any atom is -0.504 e. The van der Waals surface area contributed by atoms with Crippen molar-refractivity contribution in [3.05, 3.63) is 28.5 Å². The van der Waals surface area contributed by atoms with Crippen LogP contribution in [-0.2, 0) is 27.7 Å². The van der Waals surface area contributed by atoms with Crippen molar-refractivity contribution in [2.45, 2.75) is 58.7 Å². The molecule has 10 nitrogen and oxygen atoms in total. The Hall–Kier alpha value is -2.22. The van der Waals surface area contributed by atoms with Gasteiger partial charge in [0.2, 0.25) is 0 Å². The topological polar surface area (TPSA) is 137 Å². The lowest BCUT2D eigenvalue weighted by Gasteiger charge is -2.17. The third-order valence-corrected chi connectivity index (χ3v) is 8.69. The second kappa shape index (κ2) is 11.8. The van der Waals surface area contributed by atoms with E-state index in [1.807, 2.05) is 19.9 Å². The predicted molar refractivity (Wildman–Crippen MR) is 134 cm³/mol. The molecule has 2 aromatic heterocycles. The van der Waals surface area contributed by atoms with Crippen LogP contribution in [0.25, 0.3) is 0 Å². The van der Waals surface area contributed by atoms with Crippen LogP contribution in [0.4, 0.5) is 5.69 Å². The maximum absolute atomic E-state index is 12.7. The number of nitrogens with one attached hydrogen (secondary N) is 2. The molecule has 0 bridgehead atoms. The van der Waals surface area contributed by atoms with E-state index in [9.17, 15) is 17.7 Å². The van der Waals surface area contributed by atoms with Gasteiger partial charge in [0.25, 0.3) is 21.2 Å². The maximum atomic E-state index is 12.7. The van der Waals surface area contributed by atoms with Gasteiger partial charge >= 0.3 is 0 Å². The number of aromatic hydroxyl groups is 1. The van der Waals surface area contributed by atoms with Crippen LogP contribution in [0.5, 0.6) is 5.75 Å². The van der Waals surface area contributed by atoms with Crippen molar-refractivity contribution in [1.82, 2.24) is 9.62 Å². The van der Waals surface area contributed by atoms with Crippen LogP contribution in [0.15, 0.2) is 28.9 Å². The second-order valence-electron chi connectivity index (χ2n) is 7.12. The third kappa shape index (κ3) is 6.43. The lowest BCUT2D eigenvalue weighted by molar-refractivity contribution is 0.434. The zero-order chi connectivity index (χ0) is 24.8. The largest absolute Gasteiger partial charge is 0.504 e. The van der Waals surface area contributed by atoms with E-state index in [1.54, 1.807) is 13.8 Å². The Kier molecular flexibility index (Phi) is 9.64. The molecule has 0 fully saturated rings. The highest BCUT2D eigenvalue weighted by atomic mass is 32.2. The fourth-order valence-electron chi connectivity index (χ4n) is 2.78. The second-order valence-corrected chi connectivity index (χ2v) is 11.0. The van der Waals surface area contributed by atoms with Crippen LogP contribution in [0.2, 0.25) is 0 Å². The van der Waals surface area contributed by atoms with Gasteiger partial charge in [-0.1, -0.05) is 34.1 Å². The molecule has 2 aromatic rings. The van der Waals surface area contributed by atoms with Crippen LogP contribution in [0.3, 0.4) is 0 Å². The number of furan rings is 1. The Morgan fingerprint density at radius 1 is 1.15 bits per heavy atom. The summed E-state index contributed by atoms with van der Waals surface area (Å²) in [7, 11) is -3.81. The molecule has 0 aliphatic carbocycles. The van der Waals surface area contributed by atoms with Gasteiger partial charge in [0.15, 0.2) is 21.6 Å². The van der Waals surface area contributed by atoms with E-state index in [1.165, 1.54) is 16.1 Å². The van der Waals surface area contributed by atoms with Crippen LogP contribution >= 0.6 is 11.3 Å². The van der Waals surface area contributed by atoms with Crippen molar-refractivity contribution in [3.63, 3.8) is 0 Å². The smallest absolute Gasteiger partial charge is 0.269 e. The predicted octanol–water partition coefficient (Wildman–Crippen LogP) is 3.70. The number of sulfonamides is 1. The Balaban J connectivity index is 0.00000122. The van der Waals surface area contributed by atoms with Gasteiger partial charge in [0.1, 0.15) is 11.5 Å². The van der Waals surface area contributed by atoms with Crippen LogP contribution in [0, 0.1) is 13.8 Å². The lowest BCUT2D eigenvalue weighted by Crippen LogP contribution is -2.33. The summed E-state index contributed by atoms with van der Waals surface area (Å²) in [4.78, 5) is 0. The first-order chi connectivity index (χ1) is 15.6. The number of aryl methyl sites for hydroxylation is 2. The molecule has 0 radical (unpaired) electrons. The number of amidine groups is 2. The van der Waals surface area contributed by atoms with Gasteiger partial charge in [-0.15, -0.1) is 20.1 Å². The first-order valence-corrected chi connectivity index (χ1v) is 13.9. The highest BCUT2D eigenvalue weighted by Gasteiger charge is 2.30. The zero-order valence-corrected chi connectivity index (χ0v) is 22.1. The molecule has 184 valence electrons. The fraction of sp³-hybridized carbons (Fsp3) is 0.500. The SMILES string of the molecule is CCC.CCN(CC)S(=O)(=O)c1scc(NC2=NS(=O)N=C2NCc2cc(C)c(C)o2)c1O. The van der Waals surface area contributed by atoms with Crippen molar-refractivity contribution >= 4 is 49.9 Å². The minimum atomic E-state index is -3.81. The normalized spacial score (nSPS) is 15.7. The average molecular weight is 518 g/mol. The number of hydrogen-bond acceptors (Lipinski definition) is 8. The Morgan fingerprint density at radius 3 is 2.30 bits per heavy atom. The quantitative estimate of drug-likeness (QED) is 0.509. The molecular weight excluding hydrogens is 486 g/mol. The zero-order valence-electron chi connectivity index (χ0n) is 19.6. The summed E-state index contributed by atoms with van der Waals surface area (Å²) in [5.41, 5.74) is 1.16. The van der Waals surface area contributed by atoms with Gasteiger partial charge < -0.3 is 20.2 Å². The first kappa shape index (κ1) is 27.0. The molecule has 3 rings (SSSR count). The number of thiophene rings is 1. The van der Waals surface area contributed by atoms with Crippen molar-refractivity contribution in [3.8, 4) is 5.75 Å². The summed E-state index contributed by atoms with van der Waals surface area (Å²) in [6.45, 7) is 12.4. The van der Waals surface area contributed by atoms with Gasteiger partial charge in [-0.2, -0.15) is 4.31 Å². The molecule has 0 amide bonds. The van der Waals surface area contributed by atoms with Gasteiger partial charge in [-0.25, -0.2) is 12.6 Å². The summed E-state index contributed by atoms with van der Waals surface area (Å²) in [5.74, 6) is 1.42. The van der Waals surface area contributed by atoms with Crippen molar-refractivity contribution in [2.75, 3.05) is 18.4 Å². The summed E-state index contributed by atoms with van der Waals surface area (Å²) >= 11 is -0.931. The first-order valence-electron chi connectivity index (χ1n) is 10.6. The van der Waals surface area contributed by atoms with Crippen LogP contribution < -0.4 is 10.6 Å². The van der Waals surface area contributed by atoms with Gasteiger partial charge in [-0.3, -0.25) is 0 Å². The standard InChI is InChI=1S/C17H23N5O5S3.C3H8/c1-5-22(6-2)30(25,26)17-14(23)13(9-28-17)19-16-15(20-29(24)21-16)18-8-12-7-10(3)11(4)27-12;1-3-2/h7,9,23H,5-6,8H2,1-4H3,(H,18,20)(H,19,21);3H2,1-2H3. The number of rotatable bonds is 7. The number of anilines is 1. The Morgan fingerprint density at radius 2 is 1.76 bits per heavy atom. The van der Waals surface area contributed by atoms with Gasteiger partial charge in [0.05, 0.1) is 12.2 Å². The highest BCUT2D eigenvalue weighted by molar-refractivity contribution is 7.91. The molecule has 1 aliphatic heterocycles. The van der Waals surface area contributed by atoms with Crippen LogP contribution in [-0.4, -0.2) is 46.8 Å². The molecule has 1 aliphatic rings. The molecular formula is C20H31N5O5S3. The lowest BCUT2D eigenvalue weighted by atomic mass is 10.3. The van der Waals surface area contributed by atoms with Crippen molar-refractivity contribution in [1.29, 1.82) is 0 Å². The molecule has 1 atom stereocenters. The summed E-state index contributed by atoms with van der Waals surface area (Å²) in [6.07, 6.45) is 1.25. The van der Waals surface area contributed by atoms with E-state index in [0.717, 1.165) is 22.7 Å². The van der Waals surface area contributed by atoms with Gasteiger partial charge in [0, 0.05) is 18.5 Å². The van der Waals surface area contributed by atoms with Crippen LogP contribution in [0.1, 0.15) is 51.2 Å². The van der Waals surface area contributed by atoms with Gasteiger partial charge in [-0.05, 0) is 25.5 Å². The van der Waals surface area contributed by atoms with Crippen molar-refractivity contribution in [2.24, 2.45) is 8.80 Å². The molecule has 0 spiro atoms. The Labute approximate surface area is 201 Å². The Bertz CT molecular complexity index is 1130. The molecule has 33 heavy (non-hydrogen) atoms. The molecule has 0 aromatic carbocycles.